The molecule has 0 atom stereocenters. The van der Waals surface area contributed by atoms with Gasteiger partial charge in [0, 0.05) is 6.20 Å². The molecule has 0 unspecified atom stereocenters. The molecule has 0 aliphatic heterocycles. The molecule has 2 N–H and O–H groups in total. The summed E-state index contributed by atoms with van der Waals surface area (Å²) in [4.78, 5) is 25.1. The van der Waals surface area contributed by atoms with E-state index in [0.29, 0.717) is 24.5 Å². The summed E-state index contributed by atoms with van der Waals surface area (Å²) in [5, 5.41) is 13.6. The van der Waals surface area contributed by atoms with Crippen molar-refractivity contribution >= 4 is 12.1 Å². The lowest BCUT2D eigenvalue weighted by atomic mass is 10.1. The molecule has 0 bridgehead atoms. The Morgan fingerprint density at radius 1 is 1.20 bits per heavy atom. The van der Waals surface area contributed by atoms with Gasteiger partial charge in [-0.3, -0.25) is 9.59 Å². The van der Waals surface area contributed by atoms with Crippen LogP contribution in [0.25, 0.3) is 0 Å². The van der Waals surface area contributed by atoms with Gasteiger partial charge in [-0.2, -0.15) is 5.10 Å². The van der Waals surface area contributed by atoms with Gasteiger partial charge in [-0.25, -0.2) is 5.43 Å². The minimum absolute atomic E-state index is 0.00229. The first-order valence-corrected chi connectivity index (χ1v) is 9.52. The normalized spacial score (nSPS) is 10.9. The number of hydrogen-bond acceptors (Lipinski definition) is 5. The second-order valence-corrected chi connectivity index (χ2v) is 6.70. The molecule has 0 spiro atoms. The molecule has 2 aromatic carbocycles. The lowest BCUT2D eigenvalue weighted by Gasteiger charge is -2.08. The molecule has 0 fully saturated rings. The van der Waals surface area contributed by atoms with Crippen LogP contribution in [-0.2, 0) is 6.54 Å². The summed E-state index contributed by atoms with van der Waals surface area (Å²) >= 11 is 0. The molecule has 154 valence electrons. The van der Waals surface area contributed by atoms with Crippen molar-refractivity contribution in [3.8, 4) is 11.5 Å². The highest BCUT2D eigenvalue weighted by Gasteiger charge is 2.11. The fourth-order valence-electron chi connectivity index (χ4n) is 2.83. The number of nitrogens with one attached hydrogen (secondary N) is 1. The van der Waals surface area contributed by atoms with Gasteiger partial charge in [-0.05, 0) is 55.3 Å². The van der Waals surface area contributed by atoms with E-state index in [1.807, 2.05) is 38.1 Å². The highest BCUT2D eigenvalue weighted by Crippen LogP contribution is 2.26. The van der Waals surface area contributed by atoms with Gasteiger partial charge >= 0.3 is 0 Å². The summed E-state index contributed by atoms with van der Waals surface area (Å²) < 4.78 is 6.80. The summed E-state index contributed by atoms with van der Waals surface area (Å²) in [5.74, 6) is -0.246. The molecule has 0 aliphatic carbocycles. The first-order valence-electron chi connectivity index (χ1n) is 9.52. The molecule has 7 heteroatoms. The number of nitrogens with zero attached hydrogens (tertiary/aromatic N) is 2. The number of carbonyl (C=O) groups is 1. The van der Waals surface area contributed by atoms with Crippen molar-refractivity contribution in [2.75, 3.05) is 6.61 Å². The SMILES string of the molecule is CCOc1cc(/C=N\NC(=O)c2cccn(Cc3ccc(C)cc3)c2=O)ccc1O. The maximum absolute atomic E-state index is 12.7. The maximum Gasteiger partial charge on any atom is 0.276 e. The highest BCUT2D eigenvalue weighted by molar-refractivity contribution is 5.94. The third-order valence-electron chi connectivity index (χ3n) is 4.40. The van der Waals surface area contributed by atoms with Crippen LogP contribution in [0, 0.1) is 6.92 Å². The largest absolute Gasteiger partial charge is 0.504 e. The molecular formula is C23H23N3O4. The number of hydrazone groups is 1. The van der Waals surface area contributed by atoms with Crippen LogP contribution in [0.3, 0.4) is 0 Å². The van der Waals surface area contributed by atoms with E-state index in [-0.39, 0.29) is 11.3 Å². The van der Waals surface area contributed by atoms with Crippen LogP contribution in [0.4, 0.5) is 0 Å². The zero-order chi connectivity index (χ0) is 21.5. The minimum Gasteiger partial charge on any atom is -0.504 e. The zero-order valence-corrected chi connectivity index (χ0v) is 16.8. The number of pyridine rings is 1. The average Bonchev–Trinajstić information content (AvgIpc) is 2.73. The summed E-state index contributed by atoms with van der Waals surface area (Å²) in [5.41, 5.74) is 4.71. The molecule has 3 rings (SSSR count). The second kappa shape index (κ2) is 9.56. The molecule has 0 aliphatic rings. The Hall–Kier alpha value is -3.87. The quantitative estimate of drug-likeness (QED) is 0.467. The van der Waals surface area contributed by atoms with Gasteiger partial charge in [-0.1, -0.05) is 29.8 Å². The number of rotatable bonds is 7. The van der Waals surface area contributed by atoms with Crippen LogP contribution in [0.5, 0.6) is 11.5 Å². The zero-order valence-electron chi connectivity index (χ0n) is 16.8. The predicted molar refractivity (Wildman–Crippen MR) is 115 cm³/mol. The minimum atomic E-state index is -0.599. The Balaban J connectivity index is 1.71. The molecule has 30 heavy (non-hydrogen) atoms. The Morgan fingerprint density at radius 3 is 2.70 bits per heavy atom. The third-order valence-corrected chi connectivity index (χ3v) is 4.40. The summed E-state index contributed by atoms with van der Waals surface area (Å²) in [6, 6.07) is 15.7. The van der Waals surface area contributed by atoms with Gasteiger partial charge in [0.05, 0.1) is 19.4 Å². The second-order valence-electron chi connectivity index (χ2n) is 6.70. The van der Waals surface area contributed by atoms with Gasteiger partial charge in [0.25, 0.3) is 11.5 Å². The van der Waals surface area contributed by atoms with E-state index in [1.54, 1.807) is 24.4 Å². The van der Waals surface area contributed by atoms with Crippen molar-refractivity contribution in [3.05, 3.63) is 93.4 Å². The van der Waals surface area contributed by atoms with Crippen LogP contribution in [0.2, 0.25) is 0 Å². The fraction of sp³-hybridized carbons (Fsp3) is 0.174. The van der Waals surface area contributed by atoms with E-state index in [0.717, 1.165) is 11.1 Å². The van der Waals surface area contributed by atoms with E-state index in [9.17, 15) is 14.7 Å². The Labute approximate surface area is 174 Å². The fourth-order valence-corrected chi connectivity index (χ4v) is 2.83. The molecule has 1 aromatic heterocycles. The number of benzene rings is 2. The number of phenols is 1. The monoisotopic (exact) mass is 405 g/mol. The lowest BCUT2D eigenvalue weighted by Crippen LogP contribution is -2.30. The number of amides is 1. The van der Waals surface area contributed by atoms with Gasteiger partial charge < -0.3 is 14.4 Å². The maximum atomic E-state index is 12.7. The number of hydrogen-bond donors (Lipinski definition) is 2. The highest BCUT2D eigenvalue weighted by atomic mass is 16.5. The molecule has 0 saturated carbocycles. The number of aromatic hydroxyl groups is 1. The van der Waals surface area contributed by atoms with Crippen molar-refractivity contribution in [2.45, 2.75) is 20.4 Å². The van der Waals surface area contributed by atoms with Crippen LogP contribution < -0.4 is 15.7 Å². The van der Waals surface area contributed by atoms with E-state index in [2.05, 4.69) is 10.5 Å². The predicted octanol–water partition coefficient (Wildman–Crippen LogP) is 3.07. The van der Waals surface area contributed by atoms with Gasteiger partial charge in [0.15, 0.2) is 11.5 Å². The first kappa shape index (κ1) is 20.9. The molecule has 7 nitrogen and oxygen atoms in total. The van der Waals surface area contributed by atoms with Crippen LogP contribution in [0.15, 0.2) is 70.7 Å². The number of phenolic OH excluding ortho intramolecular Hbond substituents is 1. The number of aryl methyl sites for hydroxylation is 1. The molecule has 0 saturated heterocycles. The first-order chi connectivity index (χ1) is 14.5. The van der Waals surface area contributed by atoms with Crippen molar-refractivity contribution in [3.63, 3.8) is 0 Å². The molecule has 1 heterocycles. The number of carbonyl (C=O) groups excluding carboxylic acids is 1. The molecule has 3 aromatic rings. The Morgan fingerprint density at radius 2 is 1.97 bits per heavy atom. The average molecular weight is 405 g/mol. The lowest BCUT2D eigenvalue weighted by molar-refractivity contribution is 0.0953. The summed E-state index contributed by atoms with van der Waals surface area (Å²) in [6.45, 7) is 4.59. The number of aromatic nitrogens is 1. The Bertz CT molecular complexity index is 1120. The van der Waals surface area contributed by atoms with Crippen molar-refractivity contribution in [1.82, 2.24) is 9.99 Å². The van der Waals surface area contributed by atoms with Gasteiger partial charge in [-0.15, -0.1) is 0 Å². The molecule has 0 radical (unpaired) electrons. The van der Waals surface area contributed by atoms with E-state index < -0.39 is 11.5 Å². The molecular weight excluding hydrogens is 382 g/mol. The molecule has 1 amide bonds. The number of ether oxygens (including phenoxy) is 1. The summed E-state index contributed by atoms with van der Waals surface area (Å²) in [6.07, 6.45) is 3.06. The Kier molecular flexibility index (Phi) is 6.64. The van der Waals surface area contributed by atoms with E-state index in [4.69, 9.17) is 4.74 Å². The van der Waals surface area contributed by atoms with Crippen LogP contribution in [0.1, 0.15) is 34.0 Å². The standard InChI is InChI=1S/C23H23N3O4/c1-3-30-21-13-18(10-11-20(21)27)14-24-25-22(28)19-5-4-12-26(23(19)29)15-17-8-6-16(2)7-9-17/h4-14,27H,3,15H2,1-2H3,(H,25,28)/b24-14-. The third kappa shape index (κ3) is 5.14. The van der Waals surface area contributed by atoms with Crippen LogP contribution >= 0.6 is 0 Å². The van der Waals surface area contributed by atoms with Gasteiger partial charge in [0.2, 0.25) is 0 Å². The summed E-state index contributed by atoms with van der Waals surface area (Å²) in [7, 11) is 0. The van der Waals surface area contributed by atoms with Crippen LogP contribution in [-0.4, -0.2) is 28.4 Å². The smallest absolute Gasteiger partial charge is 0.276 e. The van der Waals surface area contributed by atoms with E-state index >= 15 is 0 Å². The van der Waals surface area contributed by atoms with E-state index in [1.165, 1.54) is 22.9 Å². The van der Waals surface area contributed by atoms with Crippen molar-refractivity contribution < 1.29 is 14.6 Å². The van der Waals surface area contributed by atoms with Gasteiger partial charge in [0.1, 0.15) is 5.56 Å². The topological polar surface area (TPSA) is 92.9 Å². The van der Waals surface area contributed by atoms with Crippen molar-refractivity contribution in [2.24, 2.45) is 5.10 Å². The van der Waals surface area contributed by atoms with Crippen molar-refractivity contribution in [1.29, 1.82) is 0 Å².